The second-order valence-corrected chi connectivity index (χ2v) is 4.71. The number of benzene rings is 1. The van der Waals surface area contributed by atoms with Crippen molar-refractivity contribution in [2.75, 3.05) is 6.54 Å². The van der Waals surface area contributed by atoms with Crippen molar-refractivity contribution in [1.82, 2.24) is 0 Å². The van der Waals surface area contributed by atoms with Crippen molar-refractivity contribution < 1.29 is 5.11 Å². The molecule has 0 aliphatic carbocycles. The Morgan fingerprint density at radius 3 is 2.31 bits per heavy atom. The van der Waals surface area contributed by atoms with Gasteiger partial charge in [-0.25, -0.2) is 0 Å². The molecular weight excluding hydrogens is 222 g/mol. The van der Waals surface area contributed by atoms with E-state index in [0.29, 0.717) is 11.6 Å². The highest BCUT2D eigenvalue weighted by Gasteiger charge is 2.23. The maximum Gasteiger partial charge on any atom is 0.0646 e. The zero-order valence-corrected chi connectivity index (χ0v) is 10.6. The highest BCUT2D eigenvalue weighted by Crippen LogP contribution is 2.26. The Morgan fingerprint density at radius 1 is 1.31 bits per heavy atom. The number of hydrogen-bond acceptors (Lipinski definition) is 2. The summed E-state index contributed by atoms with van der Waals surface area (Å²) in [6.45, 7) is 4.57. The van der Waals surface area contributed by atoms with Gasteiger partial charge in [-0.1, -0.05) is 44.0 Å². The van der Waals surface area contributed by atoms with Crippen LogP contribution in [0.15, 0.2) is 24.3 Å². The van der Waals surface area contributed by atoms with E-state index in [-0.39, 0.29) is 11.8 Å². The lowest BCUT2D eigenvalue weighted by molar-refractivity contribution is 0.0886. The highest BCUT2D eigenvalue weighted by molar-refractivity contribution is 6.30. The first-order valence-electron chi connectivity index (χ1n) is 5.73. The van der Waals surface area contributed by atoms with Crippen molar-refractivity contribution in [3.63, 3.8) is 0 Å². The van der Waals surface area contributed by atoms with E-state index in [1.165, 1.54) is 0 Å². The van der Waals surface area contributed by atoms with Crippen LogP contribution in [0.2, 0.25) is 5.02 Å². The van der Waals surface area contributed by atoms with E-state index in [1.54, 1.807) is 0 Å². The van der Waals surface area contributed by atoms with Gasteiger partial charge in [0.05, 0.1) is 6.10 Å². The van der Waals surface area contributed by atoms with Crippen LogP contribution in [-0.4, -0.2) is 17.8 Å². The Morgan fingerprint density at radius 2 is 1.88 bits per heavy atom. The summed E-state index contributed by atoms with van der Waals surface area (Å²) in [5, 5.41) is 10.9. The van der Waals surface area contributed by atoms with Gasteiger partial charge in [0.2, 0.25) is 0 Å². The second-order valence-electron chi connectivity index (χ2n) is 4.27. The first kappa shape index (κ1) is 13.5. The standard InChI is InChI=1S/C13H20ClNO/c1-3-9(2)13(16)12(8-15)10-4-6-11(14)7-5-10/h4-7,9,12-13,16H,3,8,15H2,1-2H3. The Hall–Kier alpha value is -0.570. The van der Waals surface area contributed by atoms with Gasteiger partial charge in [-0.05, 0) is 23.6 Å². The van der Waals surface area contributed by atoms with Gasteiger partial charge in [-0.2, -0.15) is 0 Å². The molecule has 2 nitrogen and oxygen atoms in total. The van der Waals surface area contributed by atoms with Crippen LogP contribution in [0.3, 0.4) is 0 Å². The van der Waals surface area contributed by atoms with Gasteiger partial charge in [0.15, 0.2) is 0 Å². The minimum atomic E-state index is -0.392. The van der Waals surface area contributed by atoms with Crippen LogP contribution >= 0.6 is 11.6 Å². The molecule has 3 N–H and O–H groups in total. The van der Waals surface area contributed by atoms with Crippen LogP contribution in [-0.2, 0) is 0 Å². The molecule has 3 unspecified atom stereocenters. The van der Waals surface area contributed by atoms with Crippen LogP contribution in [0.1, 0.15) is 31.7 Å². The maximum atomic E-state index is 10.2. The largest absolute Gasteiger partial charge is 0.392 e. The average Bonchev–Trinajstić information content (AvgIpc) is 2.31. The van der Waals surface area contributed by atoms with E-state index in [4.69, 9.17) is 17.3 Å². The number of aliphatic hydroxyl groups is 1. The monoisotopic (exact) mass is 241 g/mol. The molecule has 0 spiro atoms. The molecule has 0 saturated carbocycles. The first-order chi connectivity index (χ1) is 7.60. The third-order valence-electron chi connectivity index (χ3n) is 3.19. The van der Waals surface area contributed by atoms with Gasteiger partial charge < -0.3 is 10.8 Å². The molecular formula is C13H20ClNO. The number of hydrogen-bond donors (Lipinski definition) is 2. The summed E-state index contributed by atoms with van der Waals surface area (Å²) in [6, 6.07) is 7.54. The summed E-state index contributed by atoms with van der Waals surface area (Å²) >= 11 is 5.84. The SMILES string of the molecule is CCC(C)C(O)C(CN)c1ccc(Cl)cc1. The van der Waals surface area contributed by atoms with Crippen molar-refractivity contribution in [2.45, 2.75) is 32.3 Å². The summed E-state index contributed by atoms with van der Waals surface area (Å²) in [5.41, 5.74) is 6.80. The van der Waals surface area contributed by atoms with Crippen molar-refractivity contribution in [3.8, 4) is 0 Å². The molecule has 1 aromatic rings. The molecule has 0 bridgehead atoms. The normalized spacial score (nSPS) is 16.8. The van der Waals surface area contributed by atoms with Gasteiger partial charge in [0.1, 0.15) is 0 Å². The highest BCUT2D eigenvalue weighted by atomic mass is 35.5. The van der Waals surface area contributed by atoms with Gasteiger partial charge >= 0.3 is 0 Å². The lowest BCUT2D eigenvalue weighted by Gasteiger charge is -2.26. The first-order valence-corrected chi connectivity index (χ1v) is 6.11. The fourth-order valence-corrected chi connectivity index (χ4v) is 1.95. The van der Waals surface area contributed by atoms with E-state index < -0.39 is 6.10 Å². The number of nitrogens with two attached hydrogens (primary N) is 1. The van der Waals surface area contributed by atoms with Gasteiger partial charge in [-0.15, -0.1) is 0 Å². The Bertz CT molecular complexity index is 312. The van der Waals surface area contributed by atoms with Crippen molar-refractivity contribution in [2.24, 2.45) is 11.7 Å². The van der Waals surface area contributed by atoms with Gasteiger partial charge in [0, 0.05) is 17.5 Å². The van der Waals surface area contributed by atoms with Crippen LogP contribution < -0.4 is 5.73 Å². The smallest absolute Gasteiger partial charge is 0.0646 e. The number of halogens is 1. The summed E-state index contributed by atoms with van der Waals surface area (Å²) < 4.78 is 0. The Balaban J connectivity index is 2.85. The molecule has 0 heterocycles. The lowest BCUT2D eigenvalue weighted by atomic mass is 9.85. The molecule has 0 aliphatic rings. The Labute approximate surface area is 102 Å². The van der Waals surface area contributed by atoms with Crippen molar-refractivity contribution in [1.29, 1.82) is 0 Å². The predicted octanol–water partition coefficient (Wildman–Crippen LogP) is 2.79. The summed E-state index contributed by atoms with van der Waals surface area (Å²) in [6.07, 6.45) is 0.557. The zero-order valence-electron chi connectivity index (χ0n) is 9.86. The average molecular weight is 242 g/mol. The van der Waals surface area contributed by atoms with Crippen molar-refractivity contribution in [3.05, 3.63) is 34.9 Å². The summed E-state index contributed by atoms with van der Waals surface area (Å²) in [4.78, 5) is 0. The minimum Gasteiger partial charge on any atom is -0.392 e. The van der Waals surface area contributed by atoms with E-state index in [9.17, 15) is 5.11 Å². The minimum absolute atomic E-state index is 0.00721. The van der Waals surface area contributed by atoms with Gasteiger partial charge in [-0.3, -0.25) is 0 Å². The molecule has 0 amide bonds. The second kappa shape index (κ2) is 6.24. The zero-order chi connectivity index (χ0) is 12.1. The molecule has 16 heavy (non-hydrogen) atoms. The quantitative estimate of drug-likeness (QED) is 0.833. The van der Waals surface area contributed by atoms with E-state index in [2.05, 4.69) is 6.92 Å². The molecule has 3 heteroatoms. The third-order valence-corrected chi connectivity index (χ3v) is 3.44. The third kappa shape index (κ3) is 3.21. The summed E-state index contributed by atoms with van der Waals surface area (Å²) in [5.74, 6) is 0.247. The summed E-state index contributed by atoms with van der Waals surface area (Å²) in [7, 11) is 0. The molecule has 0 fully saturated rings. The fourth-order valence-electron chi connectivity index (χ4n) is 1.82. The van der Waals surface area contributed by atoms with E-state index in [0.717, 1.165) is 12.0 Å². The van der Waals surface area contributed by atoms with E-state index >= 15 is 0 Å². The molecule has 1 rings (SSSR count). The molecule has 0 aliphatic heterocycles. The van der Waals surface area contributed by atoms with Gasteiger partial charge in [0.25, 0.3) is 0 Å². The number of rotatable bonds is 5. The van der Waals surface area contributed by atoms with Crippen LogP contribution in [0.25, 0.3) is 0 Å². The molecule has 90 valence electrons. The van der Waals surface area contributed by atoms with E-state index in [1.807, 2.05) is 31.2 Å². The molecule has 0 aromatic heterocycles. The number of aliphatic hydroxyl groups excluding tert-OH is 1. The topological polar surface area (TPSA) is 46.2 Å². The lowest BCUT2D eigenvalue weighted by Crippen LogP contribution is -2.30. The van der Waals surface area contributed by atoms with Crippen LogP contribution in [0.4, 0.5) is 0 Å². The maximum absolute atomic E-state index is 10.2. The van der Waals surface area contributed by atoms with Crippen molar-refractivity contribution >= 4 is 11.6 Å². The molecule has 3 atom stereocenters. The van der Waals surface area contributed by atoms with Crippen LogP contribution in [0.5, 0.6) is 0 Å². The molecule has 0 radical (unpaired) electrons. The molecule has 0 saturated heterocycles. The fraction of sp³-hybridized carbons (Fsp3) is 0.538. The predicted molar refractivity (Wildman–Crippen MR) is 68.7 cm³/mol. The van der Waals surface area contributed by atoms with Crippen LogP contribution in [0, 0.1) is 5.92 Å². The Kier molecular flexibility index (Phi) is 5.26. The molecule has 1 aromatic carbocycles.